The SMILES string of the molecule is CC1CC=COC1C. The van der Waals surface area contributed by atoms with Crippen molar-refractivity contribution in [1.82, 2.24) is 0 Å². The fourth-order valence-corrected chi connectivity index (χ4v) is 0.775. The van der Waals surface area contributed by atoms with Crippen molar-refractivity contribution in [2.45, 2.75) is 26.4 Å². The summed E-state index contributed by atoms with van der Waals surface area (Å²) in [5.41, 5.74) is 0. The zero-order valence-corrected chi connectivity index (χ0v) is 5.42. The number of hydrogen-bond donors (Lipinski definition) is 0. The van der Waals surface area contributed by atoms with Gasteiger partial charge in [-0.25, -0.2) is 0 Å². The van der Waals surface area contributed by atoms with Gasteiger partial charge in [0, 0.05) is 0 Å². The molecule has 46 valence electrons. The number of allylic oxidation sites excluding steroid dienone is 1. The van der Waals surface area contributed by atoms with Crippen molar-refractivity contribution >= 4 is 0 Å². The predicted octanol–water partition coefficient (Wildman–Crippen LogP) is 1.95. The van der Waals surface area contributed by atoms with Crippen LogP contribution in [0.1, 0.15) is 20.3 Å². The van der Waals surface area contributed by atoms with Crippen LogP contribution in [0.5, 0.6) is 0 Å². The third-order valence-corrected chi connectivity index (χ3v) is 1.70. The van der Waals surface area contributed by atoms with E-state index in [2.05, 4.69) is 19.9 Å². The van der Waals surface area contributed by atoms with Crippen molar-refractivity contribution in [3.8, 4) is 0 Å². The first kappa shape index (κ1) is 5.67. The Morgan fingerprint density at radius 1 is 1.50 bits per heavy atom. The van der Waals surface area contributed by atoms with E-state index in [1.807, 2.05) is 0 Å². The van der Waals surface area contributed by atoms with Crippen LogP contribution in [-0.2, 0) is 4.74 Å². The van der Waals surface area contributed by atoms with Gasteiger partial charge in [0.1, 0.15) is 0 Å². The summed E-state index contributed by atoms with van der Waals surface area (Å²) in [6, 6.07) is 0. The Morgan fingerprint density at radius 3 is 2.62 bits per heavy atom. The van der Waals surface area contributed by atoms with E-state index < -0.39 is 0 Å². The molecular weight excluding hydrogens is 100 g/mol. The maximum absolute atomic E-state index is 5.21. The third-order valence-electron chi connectivity index (χ3n) is 1.70. The van der Waals surface area contributed by atoms with Crippen molar-refractivity contribution < 1.29 is 4.74 Å². The Hall–Kier alpha value is -0.460. The molecule has 0 spiro atoms. The van der Waals surface area contributed by atoms with Gasteiger partial charge in [-0.15, -0.1) is 0 Å². The Kier molecular flexibility index (Phi) is 1.56. The summed E-state index contributed by atoms with van der Waals surface area (Å²) < 4.78 is 5.21. The summed E-state index contributed by atoms with van der Waals surface area (Å²) in [4.78, 5) is 0. The fourth-order valence-electron chi connectivity index (χ4n) is 0.775. The van der Waals surface area contributed by atoms with Gasteiger partial charge in [0.25, 0.3) is 0 Å². The molecule has 1 heteroatoms. The van der Waals surface area contributed by atoms with Gasteiger partial charge in [-0.2, -0.15) is 0 Å². The van der Waals surface area contributed by atoms with Gasteiger partial charge in [0.2, 0.25) is 0 Å². The van der Waals surface area contributed by atoms with Crippen molar-refractivity contribution in [3.63, 3.8) is 0 Å². The van der Waals surface area contributed by atoms with Crippen LogP contribution in [-0.4, -0.2) is 6.10 Å². The molecule has 8 heavy (non-hydrogen) atoms. The molecule has 0 fully saturated rings. The number of ether oxygens (including phenoxy) is 1. The van der Waals surface area contributed by atoms with Gasteiger partial charge >= 0.3 is 0 Å². The first-order chi connectivity index (χ1) is 3.80. The summed E-state index contributed by atoms with van der Waals surface area (Å²) >= 11 is 0. The first-order valence-electron chi connectivity index (χ1n) is 3.11. The minimum atomic E-state index is 0.417. The van der Waals surface area contributed by atoms with E-state index in [1.54, 1.807) is 6.26 Å². The summed E-state index contributed by atoms with van der Waals surface area (Å²) in [6.07, 6.45) is 5.45. The van der Waals surface area contributed by atoms with Crippen molar-refractivity contribution in [2.24, 2.45) is 5.92 Å². The summed E-state index contributed by atoms with van der Waals surface area (Å²) in [6.45, 7) is 4.31. The minimum absolute atomic E-state index is 0.417. The molecule has 1 aliphatic rings. The normalized spacial score (nSPS) is 36.8. The summed E-state index contributed by atoms with van der Waals surface area (Å²) in [5.74, 6) is 0.694. The van der Waals surface area contributed by atoms with Crippen LogP contribution in [0.15, 0.2) is 12.3 Å². The van der Waals surface area contributed by atoms with E-state index >= 15 is 0 Å². The molecule has 0 radical (unpaired) electrons. The molecule has 2 unspecified atom stereocenters. The molecule has 0 aromatic carbocycles. The highest BCUT2D eigenvalue weighted by Crippen LogP contribution is 2.16. The lowest BCUT2D eigenvalue weighted by atomic mass is 10.0. The average Bonchev–Trinajstić information content (AvgIpc) is 1.77. The molecule has 0 aliphatic carbocycles. The highest BCUT2D eigenvalue weighted by molar-refractivity contribution is 4.84. The van der Waals surface area contributed by atoms with Gasteiger partial charge in [-0.3, -0.25) is 0 Å². The lowest BCUT2D eigenvalue weighted by Gasteiger charge is -2.21. The Labute approximate surface area is 50.3 Å². The molecule has 0 saturated heterocycles. The predicted molar refractivity (Wildman–Crippen MR) is 33.5 cm³/mol. The minimum Gasteiger partial charge on any atom is -0.498 e. The maximum atomic E-state index is 5.21. The molecule has 0 saturated carbocycles. The van der Waals surface area contributed by atoms with Gasteiger partial charge in [-0.05, 0) is 25.3 Å². The zero-order chi connectivity index (χ0) is 5.98. The summed E-state index contributed by atoms with van der Waals surface area (Å²) in [5, 5.41) is 0. The Balaban J connectivity index is 2.44. The standard InChI is InChI=1S/C7H12O/c1-6-4-3-5-8-7(6)2/h3,5-7H,4H2,1-2H3. The molecule has 2 atom stereocenters. The van der Waals surface area contributed by atoms with Crippen molar-refractivity contribution in [1.29, 1.82) is 0 Å². The zero-order valence-electron chi connectivity index (χ0n) is 5.42. The largest absolute Gasteiger partial charge is 0.498 e. The van der Waals surface area contributed by atoms with Gasteiger partial charge in [0.05, 0.1) is 12.4 Å². The molecule has 0 aromatic heterocycles. The molecule has 1 heterocycles. The van der Waals surface area contributed by atoms with Crippen molar-refractivity contribution in [3.05, 3.63) is 12.3 Å². The van der Waals surface area contributed by atoms with Crippen LogP contribution < -0.4 is 0 Å². The monoisotopic (exact) mass is 112 g/mol. The van der Waals surface area contributed by atoms with E-state index in [1.165, 1.54) is 6.42 Å². The molecule has 1 rings (SSSR count). The number of rotatable bonds is 0. The van der Waals surface area contributed by atoms with Gasteiger partial charge < -0.3 is 4.74 Å². The van der Waals surface area contributed by atoms with Crippen LogP contribution in [0.4, 0.5) is 0 Å². The molecule has 0 bridgehead atoms. The smallest absolute Gasteiger partial charge is 0.0978 e. The second kappa shape index (κ2) is 2.21. The second-order valence-electron chi connectivity index (χ2n) is 2.43. The van der Waals surface area contributed by atoms with Crippen molar-refractivity contribution in [2.75, 3.05) is 0 Å². The summed E-state index contributed by atoms with van der Waals surface area (Å²) in [7, 11) is 0. The van der Waals surface area contributed by atoms with Crippen LogP contribution in [0.25, 0.3) is 0 Å². The maximum Gasteiger partial charge on any atom is 0.0978 e. The fraction of sp³-hybridized carbons (Fsp3) is 0.714. The Bertz CT molecular complexity index is 84.6. The Morgan fingerprint density at radius 2 is 2.25 bits per heavy atom. The molecular formula is C7H12O. The van der Waals surface area contributed by atoms with E-state index in [9.17, 15) is 0 Å². The van der Waals surface area contributed by atoms with Crippen LogP contribution in [0, 0.1) is 5.92 Å². The molecule has 0 amide bonds. The number of hydrogen-bond acceptors (Lipinski definition) is 1. The lowest BCUT2D eigenvalue weighted by Crippen LogP contribution is -2.17. The van der Waals surface area contributed by atoms with Crippen LogP contribution in [0.2, 0.25) is 0 Å². The van der Waals surface area contributed by atoms with Crippen LogP contribution >= 0.6 is 0 Å². The van der Waals surface area contributed by atoms with Crippen LogP contribution in [0.3, 0.4) is 0 Å². The average molecular weight is 112 g/mol. The van der Waals surface area contributed by atoms with E-state index in [-0.39, 0.29) is 0 Å². The molecule has 0 aromatic rings. The van der Waals surface area contributed by atoms with E-state index in [4.69, 9.17) is 4.74 Å². The van der Waals surface area contributed by atoms with Gasteiger partial charge in [0.15, 0.2) is 0 Å². The highest BCUT2D eigenvalue weighted by atomic mass is 16.5. The first-order valence-corrected chi connectivity index (χ1v) is 3.11. The highest BCUT2D eigenvalue weighted by Gasteiger charge is 2.12. The van der Waals surface area contributed by atoms with E-state index in [0.29, 0.717) is 12.0 Å². The lowest BCUT2D eigenvalue weighted by molar-refractivity contribution is 0.0962. The third kappa shape index (κ3) is 1.03. The second-order valence-corrected chi connectivity index (χ2v) is 2.43. The molecule has 1 aliphatic heterocycles. The van der Waals surface area contributed by atoms with E-state index in [0.717, 1.165) is 0 Å². The molecule has 1 nitrogen and oxygen atoms in total. The topological polar surface area (TPSA) is 9.23 Å². The van der Waals surface area contributed by atoms with Gasteiger partial charge in [-0.1, -0.05) is 6.92 Å². The molecule has 0 N–H and O–H groups in total. The quantitative estimate of drug-likeness (QED) is 0.465.